The number of benzene rings is 1. The monoisotopic (exact) mass is 273 g/mol. The van der Waals surface area contributed by atoms with E-state index < -0.39 is 17.5 Å². The molecule has 0 fully saturated rings. The summed E-state index contributed by atoms with van der Waals surface area (Å²) in [5.41, 5.74) is 5.96. The molecule has 1 aromatic carbocycles. The molecule has 0 saturated carbocycles. The van der Waals surface area contributed by atoms with Gasteiger partial charge in [-0.2, -0.15) is 0 Å². The Morgan fingerprint density at radius 1 is 1.26 bits per heavy atom. The van der Waals surface area contributed by atoms with E-state index in [0.29, 0.717) is 31.0 Å². The van der Waals surface area contributed by atoms with Gasteiger partial charge in [0.1, 0.15) is 0 Å². The summed E-state index contributed by atoms with van der Waals surface area (Å²) in [4.78, 5) is 4.07. The molecule has 3 N–H and O–H groups in total. The Kier molecular flexibility index (Phi) is 6.18. The van der Waals surface area contributed by atoms with Crippen LogP contribution in [0.3, 0.4) is 0 Å². The maximum atomic E-state index is 12.9. The second kappa shape index (κ2) is 7.66. The minimum atomic E-state index is -1.45. The minimum Gasteiger partial charge on any atom is -0.370 e. The molecule has 0 radical (unpaired) electrons. The molecule has 0 aromatic heterocycles. The van der Waals surface area contributed by atoms with Crippen molar-refractivity contribution in [2.75, 3.05) is 13.1 Å². The number of hydrogen-bond acceptors (Lipinski definition) is 1. The summed E-state index contributed by atoms with van der Waals surface area (Å²) in [6.07, 6.45) is 2.32. The van der Waals surface area contributed by atoms with Crippen molar-refractivity contribution in [2.24, 2.45) is 10.7 Å². The third-order valence-electron chi connectivity index (χ3n) is 2.56. The second-order valence-corrected chi connectivity index (χ2v) is 4.17. The number of halogens is 3. The van der Waals surface area contributed by atoms with Crippen LogP contribution >= 0.6 is 0 Å². The molecule has 3 nitrogen and oxygen atoms in total. The maximum absolute atomic E-state index is 12.9. The van der Waals surface area contributed by atoms with Crippen LogP contribution in [0.4, 0.5) is 13.2 Å². The van der Waals surface area contributed by atoms with Crippen LogP contribution in [-0.2, 0) is 6.42 Å². The van der Waals surface area contributed by atoms with Crippen LogP contribution in [0.2, 0.25) is 0 Å². The standard InChI is InChI=1S/C13H18F3N3/c1-2-3-5-18-13(17)19-6-4-9-7-10(14)12(16)11(15)8-9/h7-8H,2-6H2,1H3,(H3,17,18,19). The van der Waals surface area contributed by atoms with Crippen LogP contribution in [0.15, 0.2) is 17.1 Å². The van der Waals surface area contributed by atoms with Gasteiger partial charge in [-0.25, -0.2) is 13.2 Å². The fourth-order valence-corrected chi connectivity index (χ4v) is 1.50. The van der Waals surface area contributed by atoms with Gasteiger partial charge < -0.3 is 11.1 Å². The Labute approximate surface area is 110 Å². The average molecular weight is 273 g/mol. The van der Waals surface area contributed by atoms with E-state index >= 15 is 0 Å². The molecule has 6 heteroatoms. The molecule has 0 aliphatic heterocycles. The molecule has 0 bridgehead atoms. The molecule has 1 aromatic rings. The summed E-state index contributed by atoms with van der Waals surface area (Å²) in [6.45, 7) is 3.08. The molecule has 0 saturated heterocycles. The summed E-state index contributed by atoms with van der Waals surface area (Å²) < 4.78 is 38.6. The molecule has 1 rings (SSSR count). The van der Waals surface area contributed by atoms with E-state index in [2.05, 4.69) is 17.2 Å². The summed E-state index contributed by atoms with van der Waals surface area (Å²) in [6, 6.07) is 1.95. The van der Waals surface area contributed by atoms with E-state index in [1.54, 1.807) is 0 Å². The zero-order chi connectivity index (χ0) is 14.3. The van der Waals surface area contributed by atoms with Crippen molar-refractivity contribution >= 4 is 5.96 Å². The summed E-state index contributed by atoms with van der Waals surface area (Å²) in [7, 11) is 0. The first kappa shape index (κ1) is 15.3. The van der Waals surface area contributed by atoms with E-state index in [4.69, 9.17) is 5.73 Å². The van der Waals surface area contributed by atoms with Crippen LogP contribution < -0.4 is 11.1 Å². The Hall–Kier alpha value is -1.72. The van der Waals surface area contributed by atoms with Crippen molar-refractivity contribution in [3.05, 3.63) is 35.1 Å². The number of nitrogens with one attached hydrogen (secondary N) is 1. The lowest BCUT2D eigenvalue weighted by molar-refractivity contribution is 0.445. The fourth-order valence-electron chi connectivity index (χ4n) is 1.50. The van der Waals surface area contributed by atoms with Crippen molar-refractivity contribution in [2.45, 2.75) is 26.2 Å². The number of rotatable bonds is 6. The van der Waals surface area contributed by atoms with E-state index in [9.17, 15) is 13.2 Å². The Morgan fingerprint density at radius 3 is 2.47 bits per heavy atom. The van der Waals surface area contributed by atoms with Crippen molar-refractivity contribution < 1.29 is 13.2 Å². The highest BCUT2D eigenvalue weighted by molar-refractivity contribution is 5.77. The minimum absolute atomic E-state index is 0.302. The molecular formula is C13H18F3N3. The van der Waals surface area contributed by atoms with Crippen molar-refractivity contribution in [1.29, 1.82) is 0 Å². The van der Waals surface area contributed by atoms with Gasteiger partial charge in [0.15, 0.2) is 23.4 Å². The van der Waals surface area contributed by atoms with Crippen LogP contribution in [0, 0.1) is 17.5 Å². The van der Waals surface area contributed by atoms with Gasteiger partial charge in [-0.3, -0.25) is 4.99 Å². The first-order valence-electron chi connectivity index (χ1n) is 6.21. The number of unbranched alkanes of at least 4 members (excludes halogenated alkanes) is 1. The quantitative estimate of drug-likeness (QED) is 0.362. The highest BCUT2D eigenvalue weighted by atomic mass is 19.2. The van der Waals surface area contributed by atoms with Crippen LogP contribution in [0.5, 0.6) is 0 Å². The smallest absolute Gasteiger partial charge is 0.194 e. The van der Waals surface area contributed by atoms with Crippen molar-refractivity contribution in [1.82, 2.24) is 5.32 Å². The van der Waals surface area contributed by atoms with Gasteiger partial charge in [0.05, 0.1) is 0 Å². The third-order valence-corrected chi connectivity index (χ3v) is 2.56. The highest BCUT2D eigenvalue weighted by Crippen LogP contribution is 2.13. The van der Waals surface area contributed by atoms with Crippen molar-refractivity contribution in [3.63, 3.8) is 0 Å². The molecule has 0 aliphatic rings. The third kappa shape index (κ3) is 5.19. The largest absolute Gasteiger partial charge is 0.370 e. The number of hydrogen-bond donors (Lipinski definition) is 2. The lowest BCUT2D eigenvalue weighted by Gasteiger charge is -2.06. The lowest BCUT2D eigenvalue weighted by Crippen LogP contribution is -2.33. The highest BCUT2D eigenvalue weighted by Gasteiger charge is 2.10. The predicted molar refractivity (Wildman–Crippen MR) is 69.4 cm³/mol. The molecule has 0 spiro atoms. The second-order valence-electron chi connectivity index (χ2n) is 4.17. The first-order chi connectivity index (χ1) is 9.04. The molecule has 0 unspecified atom stereocenters. The Morgan fingerprint density at radius 2 is 1.89 bits per heavy atom. The van der Waals surface area contributed by atoms with Crippen LogP contribution in [-0.4, -0.2) is 19.0 Å². The molecule has 0 aliphatic carbocycles. The van der Waals surface area contributed by atoms with Crippen molar-refractivity contribution in [3.8, 4) is 0 Å². The van der Waals surface area contributed by atoms with E-state index in [1.807, 2.05) is 0 Å². The zero-order valence-corrected chi connectivity index (χ0v) is 10.8. The summed E-state index contributed by atoms with van der Waals surface area (Å²) >= 11 is 0. The normalized spacial score (nSPS) is 11.7. The van der Waals surface area contributed by atoms with Gasteiger partial charge >= 0.3 is 0 Å². The van der Waals surface area contributed by atoms with Crippen LogP contribution in [0.1, 0.15) is 25.3 Å². The molecular weight excluding hydrogens is 255 g/mol. The summed E-state index contributed by atoms with van der Waals surface area (Å²) in [5.74, 6) is -3.51. The zero-order valence-electron chi connectivity index (χ0n) is 10.8. The lowest BCUT2D eigenvalue weighted by atomic mass is 10.1. The Bertz CT molecular complexity index is 424. The van der Waals surface area contributed by atoms with Gasteiger partial charge in [-0.1, -0.05) is 13.3 Å². The van der Waals surface area contributed by atoms with E-state index in [0.717, 1.165) is 25.0 Å². The molecule has 0 heterocycles. The number of nitrogens with two attached hydrogens (primary N) is 1. The number of guanidine groups is 1. The molecule has 0 amide bonds. The predicted octanol–water partition coefficient (Wildman–Crippen LogP) is 2.35. The first-order valence-corrected chi connectivity index (χ1v) is 6.21. The van der Waals surface area contributed by atoms with Gasteiger partial charge in [-0.05, 0) is 30.5 Å². The topological polar surface area (TPSA) is 50.4 Å². The Balaban J connectivity index is 2.43. The van der Waals surface area contributed by atoms with E-state index in [-0.39, 0.29) is 0 Å². The van der Waals surface area contributed by atoms with Gasteiger partial charge in [-0.15, -0.1) is 0 Å². The van der Waals surface area contributed by atoms with Gasteiger partial charge in [0.25, 0.3) is 0 Å². The van der Waals surface area contributed by atoms with Gasteiger partial charge in [0.2, 0.25) is 0 Å². The molecule has 0 atom stereocenters. The SMILES string of the molecule is CCCCN=C(N)NCCc1cc(F)c(F)c(F)c1. The maximum Gasteiger partial charge on any atom is 0.194 e. The van der Waals surface area contributed by atoms with Crippen LogP contribution in [0.25, 0.3) is 0 Å². The molecule has 106 valence electrons. The van der Waals surface area contributed by atoms with E-state index in [1.165, 1.54) is 0 Å². The number of nitrogens with zero attached hydrogens (tertiary/aromatic N) is 1. The average Bonchev–Trinajstić information content (AvgIpc) is 2.36. The fraction of sp³-hybridized carbons (Fsp3) is 0.462. The number of aliphatic imine (C=N–C) groups is 1. The molecule has 19 heavy (non-hydrogen) atoms. The van der Waals surface area contributed by atoms with Gasteiger partial charge in [0, 0.05) is 13.1 Å². The summed E-state index contributed by atoms with van der Waals surface area (Å²) in [5, 5.41) is 2.83.